The van der Waals surface area contributed by atoms with Gasteiger partial charge in [0.25, 0.3) is 0 Å². The van der Waals surface area contributed by atoms with Crippen molar-refractivity contribution in [2.75, 3.05) is 20.9 Å². The van der Waals surface area contributed by atoms with Crippen LogP contribution in [0.1, 0.15) is 203 Å². The summed E-state index contributed by atoms with van der Waals surface area (Å²) in [6.07, 6.45) is 0. The van der Waals surface area contributed by atoms with E-state index >= 15 is 0 Å². The Labute approximate surface area is 347 Å². The maximum atomic E-state index is 2.98. The first-order valence-electron chi connectivity index (χ1n) is 21.0. The summed E-state index contributed by atoms with van der Waals surface area (Å²) >= 11 is -2.95. The van der Waals surface area contributed by atoms with E-state index in [9.17, 15) is 0 Å². The van der Waals surface area contributed by atoms with Crippen LogP contribution in [0.2, 0.25) is 0 Å². The normalized spacial score (nSPS) is 12.1. The fourth-order valence-corrected chi connectivity index (χ4v) is 12.6. The summed E-state index contributed by atoms with van der Waals surface area (Å²) < 4.78 is 8.64. The standard InChI is InChI=1S/2C24H34N.C2H6N.BH3.Ti/c2*1-15(2)19-11-9-12-20(16(3)4)23(19)25-24-21(17(5)6)13-10-14-22(24)18(7)8;1-3-2;;/h2*9-18H,1-8H3;1-2H3;1H3;/q3*-1;;+3. The van der Waals surface area contributed by atoms with Gasteiger partial charge in [-0.1, -0.05) is 0 Å². The molecule has 0 aliphatic carbocycles. The van der Waals surface area contributed by atoms with Crippen molar-refractivity contribution in [1.29, 1.82) is 0 Å². The van der Waals surface area contributed by atoms with Gasteiger partial charge in [0.05, 0.1) is 8.41 Å². The molecular formula is C50H77BN3Ti. The molecule has 0 fully saturated rings. The Bertz CT molecular complexity index is 1490. The first-order chi connectivity index (χ1) is 25.3. The molecule has 0 saturated heterocycles. The molecule has 0 saturated carbocycles. The molecule has 0 aliphatic heterocycles. The molecule has 4 aromatic rings. The van der Waals surface area contributed by atoms with Crippen molar-refractivity contribution >= 4 is 31.2 Å². The van der Waals surface area contributed by atoms with Gasteiger partial charge in [0, 0.05) is 0 Å². The van der Waals surface area contributed by atoms with Crippen LogP contribution in [-0.4, -0.2) is 25.9 Å². The Hall–Kier alpha value is -2.78. The number of anilines is 4. The zero-order chi connectivity index (χ0) is 40.3. The summed E-state index contributed by atoms with van der Waals surface area (Å²) in [6.45, 7) is 38.3. The first kappa shape index (κ1) is 46.6. The van der Waals surface area contributed by atoms with Gasteiger partial charge in [-0.2, -0.15) is 0 Å². The van der Waals surface area contributed by atoms with E-state index in [4.69, 9.17) is 0 Å². The predicted octanol–water partition coefficient (Wildman–Crippen LogP) is 14.4. The van der Waals surface area contributed by atoms with E-state index in [0.717, 1.165) is 0 Å². The van der Waals surface area contributed by atoms with Crippen LogP contribution >= 0.6 is 0 Å². The number of rotatable bonds is 15. The summed E-state index contributed by atoms with van der Waals surface area (Å²) in [7, 11) is 4.77. The third-order valence-corrected chi connectivity index (χ3v) is 15.0. The van der Waals surface area contributed by atoms with E-state index in [1.807, 2.05) is 0 Å². The Morgan fingerprint density at radius 3 is 0.564 bits per heavy atom. The average molecular weight is 779 g/mol. The summed E-state index contributed by atoms with van der Waals surface area (Å²) in [4.78, 5) is 0. The maximum absolute atomic E-state index is 2.98. The number of hydrogen-bond donors (Lipinski definition) is 0. The van der Waals surface area contributed by atoms with Crippen LogP contribution in [-0.2, 0) is 18.6 Å². The molecule has 4 aromatic carbocycles. The molecular weight excluding hydrogens is 701 g/mol. The number of benzene rings is 4. The van der Waals surface area contributed by atoms with Crippen molar-refractivity contribution in [3.8, 4) is 0 Å². The van der Waals surface area contributed by atoms with Gasteiger partial charge in [-0.3, -0.25) is 0 Å². The second-order valence-corrected chi connectivity index (χ2v) is 22.0. The van der Waals surface area contributed by atoms with Crippen molar-refractivity contribution in [1.82, 2.24) is 3.38 Å². The molecule has 4 rings (SSSR count). The van der Waals surface area contributed by atoms with Gasteiger partial charge in [0.1, 0.15) is 0 Å². The SMILES string of the molecule is B.CC(C)c1cccc(C(C)C)c1[N](c1c(C(C)C)cccc1C(C)C)[Ti]([N](C)C)[N](c1c(C(C)C)cccc1C(C)C)c1c(C(C)C)cccc1C(C)C. The Kier molecular flexibility index (Phi) is 16.6. The Morgan fingerprint density at radius 2 is 0.455 bits per heavy atom. The zero-order valence-electron chi connectivity index (χ0n) is 37.4. The number of para-hydroxylation sites is 4. The van der Waals surface area contributed by atoms with Gasteiger partial charge in [0.15, 0.2) is 0 Å². The van der Waals surface area contributed by atoms with Crippen LogP contribution in [0.4, 0.5) is 22.7 Å². The third kappa shape index (κ3) is 9.68. The van der Waals surface area contributed by atoms with Crippen molar-refractivity contribution in [2.45, 2.75) is 158 Å². The van der Waals surface area contributed by atoms with Gasteiger partial charge < -0.3 is 0 Å². The molecule has 55 heavy (non-hydrogen) atoms. The Balaban J connectivity index is 0.00000812. The third-order valence-electron chi connectivity index (χ3n) is 11.1. The molecule has 0 aliphatic rings. The summed E-state index contributed by atoms with van der Waals surface area (Å²) in [5, 5.41) is 0. The molecule has 0 N–H and O–H groups in total. The molecule has 0 bridgehead atoms. The minimum atomic E-state index is -2.95. The van der Waals surface area contributed by atoms with Crippen LogP contribution in [0.15, 0.2) is 72.8 Å². The minimum absolute atomic E-state index is 0. The summed E-state index contributed by atoms with van der Waals surface area (Å²) in [6, 6.07) is 28.6. The van der Waals surface area contributed by atoms with Gasteiger partial charge in [0.2, 0.25) is 0 Å². The van der Waals surface area contributed by atoms with Gasteiger partial charge in [-0.25, -0.2) is 0 Å². The van der Waals surface area contributed by atoms with E-state index in [2.05, 4.69) is 208 Å². The first-order valence-corrected chi connectivity index (χ1v) is 23.1. The molecule has 0 unspecified atom stereocenters. The predicted molar refractivity (Wildman–Crippen MR) is 246 cm³/mol. The van der Waals surface area contributed by atoms with Gasteiger partial charge >= 0.3 is 341 Å². The molecule has 0 aromatic heterocycles. The number of hydrogen-bond acceptors (Lipinski definition) is 3. The molecule has 3 nitrogen and oxygen atoms in total. The van der Waals surface area contributed by atoms with Crippen LogP contribution in [0.3, 0.4) is 0 Å². The fourth-order valence-electron chi connectivity index (χ4n) is 8.20. The van der Waals surface area contributed by atoms with E-state index in [1.165, 1.54) is 67.3 Å². The second-order valence-electron chi connectivity index (χ2n) is 18.2. The monoisotopic (exact) mass is 779 g/mol. The Morgan fingerprint density at radius 1 is 0.309 bits per heavy atom. The van der Waals surface area contributed by atoms with E-state index in [1.54, 1.807) is 0 Å². The van der Waals surface area contributed by atoms with Crippen LogP contribution in [0, 0.1) is 0 Å². The van der Waals surface area contributed by atoms with Crippen LogP contribution in [0.25, 0.3) is 0 Å². The molecule has 299 valence electrons. The van der Waals surface area contributed by atoms with Crippen LogP contribution in [0.5, 0.6) is 0 Å². The number of nitrogens with zero attached hydrogens (tertiary/aromatic N) is 3. The zero-order valence-corrected chi connectivity index (χ0v) is 39.0. The molecule has 0 amide bonds. The van der Waals surface area contributed by atoms with E-state index in [-0.39, 0.29) is 8.41 Å². The summed E-state index contributed by atoms with van der Waals surface area (Å²) in [5.74, 6) is 2.84. The topological polar surface area (TPSA) is 9.72 Å². The van der Waals surface area contributed by atoms with Gasteiger partial charge in [-0.15, -0.1) is 0 Å². The molecule has 5 heteroatoms. The molecule has 0 spiro atoms. The van der Waals surface area contributed by atoms with Crippen molar-refractivity contribution in [2.24, 2.45) is 0 Å². The molecule has 0 atom stereocenters. The van der Waals surface area contributed by atoms with Crippen LogP contribution < -0.4 is 6.76 Å². The van der Waals surface area contributed by atoms with E-state index < -0.39 is 18.6 Å². The second kappa shape index (κ2) is 19.6. The fraction of sp³-hybridized carbons (Fsp3) is 0.520. The quantitative estimate of drug-likeness (QED) is 0.111. The summed E-state index contributed by atoms with van der Waals surface area (Å²) in [5.41, 5.74) is 17.2. The van der Waals surface area contributed by atoms with E-state index in [0.29, 0.717) is 47.3 Å². The molecule has 0 radical (unpaired) electrons. The van der Waals surface area contributed by atoms with Gasteiger partial charge in [-0.05, 0) is 0 Å². The van der Waals surface area contributed by atoms with Crippen molar-refractivity contribution in [3.05, 3.63) is 117 Å². The van der Waals surface area contributed by atoms with Crippen molar-refractivity contribution in [3.63, 3.8) is 0 Å². The average Bonchev–Trinajstić information content (AvgIpc) is 3.10. The van der Waals surface area contributed by atoms with Crippen molar-refractivity contribution < 1.29 is 18.6 Å². The molecule has 0 heterocycles.